The first kappa shape index (κ1) is 31.5. The normalized spacial score (nSPS) is 14.3. The lowest BCUT2D eigenvalue weighted by Gasteiger charge is -2.33. The molecule has 0 aliphatic heterocycles. The van der Waals surface area contributed by atoms with E-state index in [1.54, 1.807) is 0 Å². The molecule has 53 heavy (non-hydrogen) atoms. The van der Waals surface area contributed by atoms with E-state index in [9.17, 15) is 0 Å². The van der Waals surface area contributed by atoms with Crippen molar-refractivity contribution in [1.29, 1.82) is 0 Å². The molecule has 0 saturated carbocycles. The Morgan fingerprint density at radius 3 is 1.60 bits per heavy atom. The molecule has 0 spiro atoms. The minimum absolute atomic E-state index is 0.122. The topological polar surface area (TPSA) is 3.24 Å². The van der Waals surface area contributed by atoms with Crippen LogP contribution in [0, 0.1) is 0 Å². The molecule has 2 aliphatic rings. The molecule has 1 heteroatoms. The van der Waals surface area contributed by atoms with Crippen LogP contribution in [-0.4, -0.2) is 0 Å². The van der Waals surface area contributed by atoms with Crippen LogP contribution >= 0.6 is 0 Å². The SMILES string of the molecule is CC1(C)c2ccccc2-c2ccc(N(c3cc(-c4ccccc4)cc(-c4ccccc4)c3)c3cccc4c3C(C)(C)c3cc5ccccc5cc3-4)cc21. The number of benzene rings is 8. The van der Waals surface area contributed by atoms with Gasteiger partial charge < -0.3 is 4.90 Å². The average molecular weight is 680 g/mol. The van der Waals surface area contributed by atoms with Crippen molar-refractivity contribution in [2.75, 3.05) is 4.90 Å². The molecule has 0 unspecified atom stereocenters. The molecule has 0 radical (unpaired) electrons. The predicted octanol–water partition coefficient (Wildman–Crippen LogP) is 14.3. The van der Waals surface area contributed by atoms with Gasteiger partial charge in [0.25, 0.3) is 0 Å². The number of nitrogens with zero attached hydrogens (tertiary/aromatic N) is 1. The summed E-state index contributed by atoms with van der Waals surface area (Å²) in [7, 11) is 0. The maximum atomic E-state index is 2.55. The van der Waals surface area contributed by atoms with Crippen molar-refractivity contribution in [2.24, 2.45) is 0 Å². The highest BCUT2D eigenvalue weighted by Gasteiger charge is 2.40. The summed E-state index contributed by atoms with van der Waals surface area (Å²) in [6.07, 6.45) is 0. The van der Waals surface area contributed by atoms with Gasteiger partial charge in [0.1, 0.15) is 0 Å². The minimum Gasteiger partial charge on any atom is -0.310 e. The lowest BCUT2D eigenvalue weighted by Crippen LogP contribution is -2.21. The molecule has 0 bridgehead atoms. The number of hydrogen-bond acceptors (Lipinski definition) is 1. The quantitative estimate of drug-likeness (QED) is 0.175. The molecule has 0 aromatic heterocycles. The lowest BCUT2D eigenvalue weighted by molar-refractivity contribution is 0.659. The molecular weight excluding hydrogens is 639 g/mol. The Labute approximate surface area is 312 Å². The van der Waals surface area contributed by atoms with Gasteiger partial charge in [-0.25, -0.2) is 0 Å². The number of fused-ring (bicyclic) bond motifs is 7. The second-order valence-corrected chi connectivity index (χ2v) is 15.8. The van der Waals surface area contributed by atoms with Gasteiger partial charge in [0.15, 0.2) is 0 Å². The second kappa shape index (κ2) is 11.7. The van der Waals surface area contributed by atoms with Crippen LogP contribution in [0.4, 0.5) is 17.1 Å². The van der Waals surface area contributed by atoms with Gasteiger partial charge in [-0.15, -0.1) is 0 Å². The molecule has 0 fully saturated rings. The monoisotopic (exact) mass is 679 g/mol. The van der Waals surface area contributed by atoms with E-state index in [1.165, 1.54) is 88.9 Å². The number of hydrogen-bond donors (Lipinski definition) is 0. The summed E-state index contributed by atoms with van der Waals surface area (Å²) in [6, 6.07) is 65.4. The number of anilines is 3. The molecule has 254 valence electrons. The summed E-state index contributed by atoms with van der Waals surface area (Å²) >= 11 is 0. The Balaban J connectivity index is 1.26. The van der Waals surface area contributed by atoms with Gasteiger partial charge in [0.2, 0.25) is 0 Å². The van der Waals surface area contributed by atoms with E-state index < -0.39 is 0 Å². The van der Waals surface area contributed by atoms with E-state index in [2.05, 4.69) is 209 Å². The molecular formula is C52H41N. The van der Waals surface area contributed by atoms with Crippen LogP contribution in [0.15, 0.2) is 176 Å². The zero-order valence-electron chi connectivity index (χ0n) is 30.7. The van der Waals surface area contributed by atoms with Crippen molar-refractivity contribution in [3.05, 3.63) is 198 Å². The fourth-order valence-electron chi connectivity index (χ4n) is 9.32. The third-order valence-corrected chi connectivity index (χ3v) is 12.0. The Kier molecular flexibility index (Phi) is 6.94. The van der Waals surface area contributed by atoms with Crippen molar-refractivity contribution in [3.8, 4) is 44.5 Å². The summed E-state index contributed by atoms with van der Waals surface area (Å²) in [5.74, 6) is 0. The maximum Gasteiger partial charge on any atom is 0.0508 e. The van der Waals surface area contributed by atoms with E-state index in [0.29, 0.717) is 0 Å². The molecule has 10 rings (SSSR count). The van der Waals surface area contributed by atoms with Crippen LogP contribution < -0.4 is 4.90 Å². The van der Waals surface area contributed by atoms with E-state index in [4.69, 9.17) is 0 Å². The molecule has 2 aliphatic carbocycles. The van der Waals surface area contributed by atoms with Gasteiger partial charge in [-0.3, -0.25) is 0 Å². The zero-order valence-corrected chi connectivity index (χ0v) is 30.7. The van der Waals surface area contributed by atoms with Crippen LogP contribution in [0.1, 0.15) is 49.9 Å². The molecule has 0 saturated heterocycles. The molecule has 0 amide bonds. The van der Waals surface area contributed by atoms with Crippen molar-refractivity contribution in [3.63, 3.8) is 0 Å². The van der Waals surface area contributed by atoms with Crippen LogP contribution in [0.3, 0.4) is 0 Å². The highest BCUT2D eigenvalue weighted by Crippen LogP contribution is 2.56. The average Bonchev–Trinajstić information content (AvgIpc) is 3.57. The van der Waals surface area contributed by atoms with E-state index in [-0.39, 0.29) is 10.8 Å². The van der Waals surface area contributed by atoms with Crippen molar-refractivity contribution in [1.82, 2.24) is 0 Å². The van der Waals surface area contributed by atoms with Crippen molar-refractivity contribution in [2.45, 2.75) is 38.5 Å². The zero-order chi connectivity index (χ0) is 35.9. The third-order valence-electron chi connectivity index (χ3n) is 12.0. The van der Waals surface area contributed by atoms with Gasteiger partial charge in [0, 0.05) is 22.2 Å². The highest BCUT2D eigenvalue weighted by atomic mass is 15.1. The number of rotatable bonds is 5. The van der Waals surface area contributed by atoms with Crippen LogP contribution in [-0.2, 0) is 10.8 Å². The van der Waals surface area contributed by atoms with Crippen LogP contribution in [0.2, 0.25) is 0 Å². The first-order valence-electron chi connectivity index (χ1n) is 18.8. The van der Waals surface area contributed by atoms with E-state index in [0.717, 1.165) is 5.69 Å². The van der Waals surface area contributed by atoms with Gasteiger partial charge in [-0.1, -0.05) is 155 Å². The molecule has 1 nitrogen and oxygen atoms in total. The summed E-state index contributed by atoms with van der Waals surface area (Å²) in [5, 5.41) is 2.56. The van der Waals surface area contributed by atoms with Crippen LogP contribution in [0.25, 0.3) is 55.3 Å². The molecule has 0 heterocycles. The summed E-state index contributed by atoms with van der Waals surface area (Å²) in [5.41, 5.74) is 18.8. The predicted molar refractivity (Wildman–Crippen MR) is 225 cm³/mol. The summed E-state index contributed by atoms with van der Waals surface area (Å²) in [4.78, 5) is 2.55. The first-order chi connectivity index (χ1) is 25.8. The van der Waals surface area contributed by atoms with E-state index >= 15 is 0 Å². The fraction of sp³-hybridized carbons (Fsp3) is 0.115. The summed E-state index contributed by atoms with van der Waals surface area (Å²) < 4.78 is 0. The molecule has 0 N–H and O–H groups in total. The Morgan fingerprint density at radius 2 is 0.906 bits per heavy atom. The van der Waals surface area contributed by atoms with Crippen LogP contribution in [0.5, 0.6) is 0 Å². The first-order valence-corrected chi connectivity index (χ1v) is 18.8. The van der Waals surface area contributed by atoms with Crippen molar-refractivity contribution >= 4 is 27.8 Å². The summed E-state index contributed by atoms with van der Waals surface area (Å²) in [6.45, 7) is 9.57. The Hall–Kier alpha value is -6.18. The largest absolute Gasteiger partial charge is 0.310 e. The van der Waals surface area contributed by atoms with E-state index in [1.807, 2.05) is 0 Å². The van der Waals surface area contributed by atoms with Gasteiger partial charge >= 0.3 is 0 Å². The van der Waals surface area contributed by atoms with Gasteiger partial charge in [0.05, 0.1) is 5.69 Å². The molecule has 8 aromatic rings. The third kappa shape index (κ3) is 4.84. The Morgan fingerprint density at radius 1 is 0.340 bits per heavy atom. The Bertz CT molecular complexity index is 2660. The standard InChI is InChI=1S/C52H41N/c1-51(2)46-24-14-13-22-42(46)43-27-26-40(33-48(43)51)53(41-29-38(34-16-7-5-8-17-34)28-39(30-41)35-18-9-6-10-19-35)49-25-15-23-44-45-31-36-20-11-12-21-37(36)32-47(45)52(3,4)50(44)49/h5-33H,1-4H3. The van der Waals surface area contributed by atoms with Gasteiger partial charge in [-0.05, 0) is 126 Å². The molecule has 0 atom stereocenters. The molecule has 8 aromatic carbocycles. The second-order valence-electron chi connectivity index (χ2n) is 15.8. The smallest absolute Gasteiger partial charge is 0.0508 e. The fourth-order valence-corrected chi connectivity index (χ4v) is 9.32. The minimum atomic E-state index is -0.227. The van der Waals surface area contributed by atoms with Gasteiger partial charge in [-0.2, -0.15) is 0 Å². The van der Waals surface area contributed by atoms with Crippen molar-refractivity contribution < 1.29 is 0 Å². The highest BCUT2D eigenvalue weighted by molar-refractivity contribution is 5.98. The maximum absolute atomic E-state index is 2.55. The lowest BCUT2D eigenvalue weighted by atomic mass is 9.80.